The maximum Gasteiger partial charge on any atom is 0.249 e. The minimum atomic E-state index is -1.61. The Balaban J connectivity index is 2.26. The van der Waals surface area contributed by atoms with Gasteiger partial charge in [0.05, 0.1) is 25.4 Å². The molecule has 0 aromatic carbocycles. The van der Waals surface area contributed by atoms with Crippen molar-refractivity contribution in [1.82, 2.24) is 5.32 Å². The summed E-state index contributed by atoms with van der Waals surface area (Å²) in [5.74, 6) is -0.622. The Morgan fingerprint density at radius 1 is 0.523 bits per heavy atom. The second-order valence-corrected chi connectivity index (χ2v) is 19.5. The molecule has 0 aromatic rings. The van der Waals surface area contributed by atoms with E-state index in [1.165, 1.54) is 193 Å². The van der Waals surface area contributed by atoms with Crippen LogP contribution >= 0.6 is 0 Å². The molecule has 0 aromatic heterocycles. The molecule has 1 rings (SSSR count). The third kappa shape index (κ3) is 34.6. The predicted molar refractivity (Wildman–Crippen MR) is 269 cm³/mol. The second kappa shape index (κ2) is 45.1. The number of hydrogen-bond donors (Lipinski definition) is 7. The van der Waals surface area contributed by atoms with Gasteiger partial charge in [0.15, 0.2) is 6.29 Å². The molecule has 0 saturated carbocycles. The van der Waals surface area contributed by atoms with E-state index in [2.05, 4.69) is 31.3 Å². The third-order valence-electron chi connectivity index (χ3n) is 13.4. The quantitative estimate of drug-likeness (QED) is 0.0232. The van der Waals surface area contributed by atoms with Gasteiger partial charge in [0.2, 0.25) is 5.91 Å². The first-order valence-corrected chi connectivity index (χ1v) is 27.7. The molecular weight excluding hydrogens is 819 g/mol. The van der Waals surface area contributed by atoms with E-state index in [4.69, 9.17) is 9.47 Å². The van der Waals surface area contributed by atoms with Gasteiger partial charge in [-0.1, -0.05) is 250 Å². The zero-order valence-electron chi connectivity index (χ0n) is 42.1. The van der Waals surface area contributed by atoms with Gasteiger partial charge in [-0.05, 0) is 32.1 Å². The Morgan fingerprint density at radius 2 is 0.908 bits per heavy atom. The van der Waals surface area contributed by atoms with Gasteiger partial charge >= 0.3 is 0 Å². The third-order valence-corrected chi connectivity index (χ3v) is 13.4. The molecular formula is C55H105NO9. The maximum atomic E-state index is 13.1. The molecule has 65 heavy (non-hydrogen) atoms. The first-order chi connectivity index (χ1) is 31.8. The van der Waals surface area contributed by atoms with Crippen LogP contribution in [-0.4, -0.2) is 98.7 Å². The largest absolute Gasteiger partial charge is 0.394 e. The number of hydrogen-bond acceptors (Lipinski definition) is 9. The Hall–Kier alpha value is -1.37. The molecule has 0 spiro atoms. The molecule has 0 bridgehead atoms. The molecule has 10 nitrogen and oxygen atoms in total. The van der Waals surface area contributed by atoms with E-state index < -0.39 is 61.5 Å². The van der Waals surface area contributed by atoms with E-state index in [0.29, 0.717) is 12.8 Å². The summed E-state index contributed by atoms with van der Waals surface area (Å²) in [6.07, 6.45) is 45.7. The van der Waals surface area contributed by atoms with Crippen molar-refractivity contribution in [3.05, 3.63) is 24.3 Å². The molecule has 1 aliphatic rings. The summed E-state index contributed by atoms with van der Waals surface area (Å²) in [6, 6.07) is -0.993. The van der Waals surface area contributed by atoms with Crippen LogP contribution in [0.25, 0.3) is 0 Å². The normalized spacial score (nSPS) is 20.5. The molecule has 1 aliphatic heterocycles. The van der Waals surface area contributed by atoms with Crippen molar-refractivity contribution >= 4 is 5.91 Å². The number of aliphatic hydroxyl groups excluding tert-OH is 6. The summed E-state index contributed by atoms with van der Waals surface area (Å²) >= 11 is 0. The number of amides is 1. The highest BCUT2D eigenvalue weighted by Gasteiger charge is 2.44. The van der Waals surface area contributed by atoms with E-state index in [1.54, 1.807) is 6.08 Å². The summed E-state index contributed by atoms with van der Waals surface area (Å²) in [5, 5.41) is 64.9. The highest BCUT2D eigenvalue weighted by atomic mass is 16.7. The van der Waals surface area contributed by atoms with Gasteiger partial charge in [0.1, 0.15) is 30.5 Å². The van der Waals surface area contributed by atoms with E-state index in [9.17, 15) is 35.4 Å². The number of allylic oxidation sites excluding steroid dienone is 3. The molecule has 0 aliphatic carbocycles. The number of ether oxygens (including phenoxy) is 2. The molecule has 1 amide bonds. The number of unbranched alkanes of at least 4 members (excludes halogenated alkanes) is 34. The van der Waals surface area contributed by atoms with Crippen LogP contribution in [0.1, 0.15) is 258 Å². The van der Waals surface area contributed by atoms with E-state index in [0.717, 1.165) is 38.5 Å². The van der Waals surface area contributed by atoms with Gasteiger partial charge in [-0.15, -0.1) is 0 Å². The van der Waals surface area contributed by atoms with Gasteiger partial charge in [0.25, 0.3) is 0 Å². The summed E-state index contributed by atoms with van der Waals surface area (Å²) in [5.41, 5.74) is 0. The van der Waals surface area contributed by atoms with Crippen molar-refractivity contribution in [1.29, 1.82) is 0 Å². The fraction of sp³-hybridized carbons (Fsp3) is 0.909. The molecule has 8 atom stereocenters. The summed E-state index contributed by atoms with van der Waals surface area (Å²) < 4.78 is 11.2. The summed E-state index contributed by atoms with van der Waals surface area (Å²) in [4.78, 5) is 13.1. The highest BCUT2D eigenvalue weighted by Crippen LogP contribution is 2.23. The van der Waals surface area contributed by atoms with Crippen molar-refractivity contribution in [3.8, 4) is 0 Å². The molecule has 1 heterocycles. The van der Waals surface area contributed by atoms with Crippen LogP contribution < -0.4 is 5.32 Å². The van der Waals surface area contributed by atoms with E-state index in [-0.39, 0.29) is 6.61 Å². The monoisotopic (exact) mass is 924 g/mol. The average molecular weight is 924 g/mol. The predicted octanol–water partition coefficient (Wildman–Crippen LogP) is 12.0. The van der Waals surface area contributed by atoms with Crippen molar-refractivity contribution in [2.75, 3.05) is 13.2 Å². The topological polar surface area (TPSA) is 169 Å². The number of carbonyl (C=O) groups excluding carboxylic acids is 1. The number of rotatable bonds is 47. The Kier molecular flexibility index (Phi) is 42.8. The van der Waals surface area contributed by atoms with Crippen LogP contribution in [0.2, 0.25) is 0 Å². The summed E-state index contributed by atoms with van der Waals surface area (Å²) in [6.45, 7) is 3.62. The molecule has 1 fully saturated rings. The van der Waals surface area contributed by atoms with Gasteiger partial charge in [-0.25, -0.2) is 0 Å². The van der Waals surface area contributed by atoms with Crippen LogP contribution in [0.4, 0.5) is 0 Å². The molecule has 8 unspecified atom stereocenters. The average Bonchev–Trinajstić information content (AvgIpc) is 3.31. The van der Waals surface area contributed by atoms with E-state index >= 15 is 0 Å². The van der Waals surface area contributed by atoms with Gasteiger partial charge in [-0.3, -0.25) is 4.79 Å². The fourth-order valence-corrected chi connectivity index (χ4v) is 8.89. The number of aliphatic hydroxyl groups is 6. The number of nitrogens with one attached hydrogen (secondary N) is 1. The number of carbonyl (C=O) groups is 1. The fourth-order valence-electron chi connectivity index (χ4n) is 8.89. The Bertz CT molecular complexity index is 1090. The van der Waals surface area contributed by atoms with E-state index in [1.807, 2.05) is 6.08 Å². The molecule has 7 N–H and O–H groups in total. The first-order valence-electron chi connectivity index (χ1n) is 27.7. The Morgan fingerprint density at radius 3 is 1.34 bits per heavy atom. The van der Waals surface area contributed by atoms with Crippen LogP contribution in [0.5, 0.6) is 0 Å². The van der Waals surface area contributed by atoms with Crippen LogP contribution in [-0.2, 0) is 14.3 Å². The smallest absolute Gasteiger partial charge is 0.249 e. The lowest BCUT2D eigenvalue weighted by atomic mass is 9.99. The molecule has 1 saturated heterocycles. The van der Waals surface area contributed by atoms with Gasteiger partial charge in [0, 0.05) is 0 Å². The van der Waals surface area contributed by atoms with Crippen molar-refractivity contribution in [2.24, 2.45) is 0 Å². The highest BCUT2D eigenvalue weighted by molar-refractivity contribution is 5.80. The van der Waals surface area contributed by atoms with Crippen molar-refractivity contribution in [3.63, 3.8) is 0 Å². The lowest BCUT2D eigenvalue weighted by Crippen LogP contribution is -2.60. The minimum absolute atomic E-state index is 0.308. The standard InChI is InChI=1S/C55H105NO9/c1-3-5-7-9-11-13-15-17-19-20-21-22-23-24-25-26-27-28-30-32-34-36-38-40-42-44-49(59)54(63)56-47(46-64-55-53(62)52(61)51(60)50(45-57)65-55)48(58)43-41-39-37-35-33-31-29-18-16-14-12-10-8-6-4-2/h33,35,41,43,47-53,55,57-62H,3-32,34,36-40,42,44-46H2,1-2H3,(H,56,63)/b35-33+,43-41+. The molecule has 384 valence electrons. The van der Waals surface area contributed by atoms with Gasteiger partial charge in [-0.2, -0.15) is 0 Å². The summed E-state index contributed by atoms with van der Waals surface area (Å²) in [7, 11) is 0. The molecule has 0 radical (unpaired) electrons. The van der Waals surface area contributed by atoms with Crippen molar-refractivity contribution < 1.29 is 44.9 Å². The van der Waals surface area contributed by atoms with Crippen LogP contribution in [0, 0.1) is 0 Å². The SMILES string of the molecule is CCCCCCCCCCC/C=C/CC/C=C/C(O)C(COC1OC(CO)C(O)C(O)C1O)NC(=O)C(O)CCCCCCCCCCCCCCCCCCCCCCCCCCC. The van der Waals surface area contributed by atoms with Crippen LogP contribution in [0.15, 0.2) is 24.3 Å². The molecule has 10 heteroatoms. The zero-order chi connectivity index (χ0) is 47.4. The maximum absolute atomic E-state index is 13.1. The zero-order valence-corrected chi connectivity index (χ0v) is 42.1. The lowest BCUT2D eigenvalue weighted by Gasteiger charge is -2.40. The lowest BCUT2D eigenvalue weighted by molar-refractivity contribution is -0.302. The first kappa shape index (κ1) is 61.6. The van der Waals surface area contributed by atoms with Gasteiger partial charge < -0.3 is 45.4 Å². The second-order valence-electron chi connectivity index (χ2n) is 19.5. The van der Waals surface area contributed by atoms with Crippen LogP contribution in [0.3, 0.4) is 0 Å². The van der Waals surface area contributed by atoms with Crippen molar-refractivity contribution in [2.45, 2.75) is 307 Å². The minimum Gasteiger partial charge on any atom is -0.394 e. The Labute approximate surface area is 399 Å².